The van der Waals surface area contributed by atoms with Crippen molar-refractivity contribution < 1.29 is 4.74 Å². The van der Waals surface area contributed by atoms with Crippen LogP contribution in [-0.4, -0.2) is 42.5 Å². The first-order valence-electron chi connectivity index (χ1n) is 5.46. The smallest absolute Gasteiger partial charge is 0.114 e. The predicted molar refractivity (Wildman–Crippen MR) is 58.4 cm³/mol. The largest absolute Gasteiger partial charge is 0.378 e. The van der Waals surface area contributed by atoms with Crippen LogP contribution in [0, 0.1) is 0 Å². The highest BCUT2D eigenvalue weighted by Gasteiger charge is 2.13. The average Bonchev–Trinajstić information content (AvgIpc) is 2.75. The van der Waals surface area contributed by atoms with Crippen molar-refractivity contribution in [2.24, 2.45) is 0 Å². The summed E-state index contributed by atoms with van der Waals surface area (Å²) in [6, 6.07) is 0. The van der Waals surface area contributed by atoms with Gasteiger partial charge in [0.05, 0.1) is 38.2 Å². The molecule has 0 aromatic carbocycles. The van der Waals surface area contributed by atoms with Crippen molar-refractivity contribution in [3.63, 3.8) is 0 Å². The van der Waals surface area contributed by atoms with Crippen molar-refractivity contribution >= 4 is 0 Å². The normalized spacial score (nSPS) is 17.0. The van der Waals surface area contributed by atoms with Gasteiger partial charge in [0.15, 0.2) is 0 Å². The second kappa shape index (κ2) is 5.14. The highest BCUT2D eigenvalue weighted by atomic mass is 16.5. The monoisotopic (exact) mass is 210 g/mol. The van der Waals surface area contributed by atoms with E-state index in [0.717, 1.165) is 39.4 Å². The van der Waals surface area contributed by atoms with Crippen molar-refractivity contribution in [2.75, 3.05) is 37.9 Å². The van der Waals surface area contributed by atoms with Crippen LogP contribution in [0.3, 0.4) is 0 Å². The molecule has 84 valence electrons. The van der Waals surface area contributed by atoms with E-state index in [-0.39, 0.29) is 0 Å². The van der Waals surface area contributed by atoms with E-state index in [9.17, 15) is 0 Å². The van der Waals surface area contributed by atoms with E-state index in [1.807, 2.05) is 12.5 Å². The van der Waals surface area contributed by atoms with Gasteiger partial charge >= 0.3 is 0 Å². The summed E-state index contributed by atoms with van der Waals surface area (Å²) >= 11 is 0. The van der Waals surface area contributed by atoms with Crippen LogP contribution in [0.1, 0.15) is 12.6 Å². The summed E-state index contributed by atoms with van der Waals surface area (Å²) in [5, 5.41) is 5.58. The number of ether oxygens (including phenoxy) is 1. The molecule has 0 aliphatic carbocycles. The van der Waals surface area contributed by atoms with Crippen molar-refractivity contribution in [1.82, 2.24) is 15.0 Å². The van der Waals surface area contributed by atoms with Gasteiger partial charge in [-0.1, -0.05) is 6.92 Å². The van der Waals surface area contributed by atoms with Crippen LogP contribution in [0.2, 0.25) is 0 Å². The Balaban J connectivity index is 2.02. The fourth-order valence-corrected chi connectivity index (χ4v) is 1.72. The minimum Gasteiger partial charge on any atom is -0.378 e. The summed E-state index contributed by atoms with van der Waals surface area (Å²) in [5.74, 6) is 0. The number of nitrogens with one attached hydrogen (secondary N) is 1. The quantitative estimate of drug-likeness (QED) is 0.757. The summed E-state index contributed by atoms with van der Waals surface area (Å²) in [4.78, 5) is 4.19. The Morgan fingerprint density at radius 3 is 3.00 bits per heavy atom. The van der Waals surface area contributed by atoms with Gasteiger partial charge < -0.3 is 15.1 Å². The molecule has 1 aromatic heterocycles. The summed E-state index contributed by atoms with van der Waals surface area (Å²) in [5.41, 5.74) is 1.21. The van der Waals surface area contributed by atoms with Crippen LogP contribution in [0.5, 0.6) is 0 Å². The van der Waals surface area contributed by atoms with Crippen LogP contribution < -0.4 is 10.3 Å². The van der Waals surface area contributed by atoms with Crippen molar-refractivity contribution in [2.45, 2.75) is 13.5 Å². The number of morpholine rings is 1. The Labute approximate surface area is 90.0 Å². The molecule has 0 saturated carbocycles. The van der Waals surface area contributed by atoms with Gasteiger partial charge in [0, 0.05) is 6.54 Å². The Morgan fingerprint density at radius 2 is 2.27 bits per heavy atom. The molecule has 5 heteroatoms. The van der Waals surface area contributed by atoms with E-state index < -0.39 is 0 Å². The number of aromatic nitrogens is 2. The molecule has 1 aliphatic rings. The standard InChI is InChI=1S/C10H18N4O/c1-2-11-7-10-8-12-9-14(10)13-3-5-15-6-4-13/h8-9,11H,2-7H2,1H3. The van der Waals surface area contributed by atoms with E-state index in [1.54, 1.807) is 0 Å². The maximum absolute atomic E-state index is 5.33. The van der Waals surface area contributed by atoms with Crippen molar-refractivity contribution in [3.8, 4) is 0 Å². The summed E-state index contributed by atoms with van der Waals surface area (Å²) in [7, 11) is 0. The fourth-order valence-electron chi connectivity index (χ4n) is 1.72. The van der Waals surface area contributed by atoms with E-state index in [0.29, 0.717) is 0 Å². The minimum atomic E-state index is 0.804. The molecule has 5 nitrogen and oxygen atoms in total. The second-order valence-corrected chi connectivity index (χ2v) is 3.58. The molecule has 0 spiro atoms. The molecule has 0 unspecified atom stereocenters. The van der Waals surface area contributed by atoms with Crippen LogP contribution in [0.15, 0.2) is 12.5 Å². The summed E-state index contributed by atoms with van der Waals surface area (Å²) in [6.45, 7) is 7.44. The summed E-state index contributed by atoms with van der Waals surface area (Å²) in [6.07, 6.45) is 3.79. The molecular formula is C10H18N4O. The summed E-state index contributed by atoms with van der Waals surface area (Å²) < 4.78 is 7.46. The van der Waals surface area contributed by atoms with Gasteiger partial charge in [-0.25, -0.2) is 9.66 Å². The van der Waals surface area contributed by atoms with Crippen LogP contribution in [0.4, 0.5) is 0 Å². The minimum absolute atomic E-state index is 0.804. The lowest BCUT2D eigenvalue weighted by Gasteiger charge is -2.30. The molecule has 0 bridgehead atoms. The Bertz CT molecular complexity index is 293. The molecule has 0 amide bonds. The molecule has 2 heterocycles. The topological polar surface area (TPSA) is 42.3 Å². The first-order chi connectivity index (χ1) is 7.42. The Hall–Kier alpha value is -1.07. The highest BCUT2D eigenvalue weighted by Crippen LogP contribution is 2.03. The zero-order chi connectivity index (χ0) is 10.5. The van der Waals surface area contributed by atoms with Crippen LogP contribution in [-0.2, 0) is 11.3 Å². The van der Waals surface area contributed by atoms with E-state index >= 15 is 0 Å². The number of hydrogen-bond acceptors (Lipinski definition) is 4. The third kappa shape index (κ3) is 2.49. The third-order valence-electron chi connectivity index (χ3n) is 2.54. The average molecular weight is 210 g/mol. The van der Waals surface area contributed by atoms with E-state index in [2.05, 4.69) is 26.9 Å². The molecule has 2 rings (SSSR count). The Morgan fingerprint density at radius 1 is 1.47 bits per heavy atom. The van der Waals surface area contributed by atoms with Gasteiger partial charge in [-0.05, 0) is 6.54 Å². The van der Waals surface area contributed by atoms with Crippen LogP contribution in [0.25, 0.3) is 0 Å². The second-order valence-electron chi connectivity index (χ2n) is 3.58. The molecule has 15 heavy (non-hydrogen) atoms. The predicted octanol–water partition coefficient (Wildman–Crippen LogP) is -0.0392. The van der Waals surface area contributed by atoms with Gasteiger partial charge in [-0.3, -0.25) is 0 Å². The molecular weight excluding hydrogens is 192 g/mol. The lowest BCUT2D eigenvalue weighted by Crippen LogP contribution is -2.44. The Kier molecular flexibility index (Phi) is 3.58. The van der Waals surface area contributed by atoms with Crippen molar-refractivity contribution in [1.29, 1.82) is 0 Å². The molecule has 1 fully saturated rings. The fraction of sp³-hybridized carbons (Fsp3) is 0.700. The molecule has 0 atom stereocenters. The number of nitrogens with zero attached hydrogens (tertiary/aromatic N) is 3. The number of imidazole rings is 1. The molecule has 0 radical (unpaired) electrons. The van der Waals surface area contributed by atoms with E-state index in [1.165, 1.54) is 5.69 Å². The third-order valence-corrected chi connectivity index (χ3v) is 2.54. The SMILES string of the molecule is CCNCc1cncn1N1CCOCC1. The van der Waals surface area contributed by atoms with Crippen LogP contribution >= 0.6 is 0 Å². The highest BCUT2D eigenvalue weighted by molar-refractivity contribution is 5.04. The lowest BCUT2D eigenvalue weighted by atomic mass is 10.4. The molecule has 1 aliphatic heterocycles. The van der Waals surface area contributed by atoms with Crippen molar-refractivity contribution in [3.05, 3.63) is 18.2 Å². The number of hydrogen-bond donors (Lipinski definition) is 1. The number of rotatable bonds is 4. The van der Waals surface area contributed by atoms with Gasteiger partial charge in [-0.2, -0.15) is 0 Å². The van der Waals surface area contributed by atoms with Gasteiger partial charge in [0.25, 0.3) is 0 Å². The van der Waals surface area contributed by atoms with Gasteiger partial charge in [0.2, 0.25) is 0 Å². The van der Waals surface area contributed by atoms with Gasteiger partial charge in [-0.15, -0.1) is 0 Å². The maximum atomic E-state index is 5.33. The van der Waals surface area contributed by atoms with Gasteiger partial charge in [0.1, 0.15) is 6.33 Å². The zero-order valence-electron chi connectivity index (χ0n) is 9.15. The lowest BCUT2D eigenvalue weighted by molar-refractivity contribution is 0.111. The first-order valence-corrected chi connectivity index (χ1v) is 5.46. The zero-order valence-corrected chi connectivity index (χ0v) is 9.15. The first kappa shape index (κ1) is 10.4. The maximum Gasteiger partial charge on any atom is 0.114 e. The van der Waals surface area contributed by atoms with E-state index in [4.69, 9.17) is 4.74 Å². The molecule has 1 N–H and O–H groups in total. The molecule has 1 saturated heterocycles. The molecule has 1 aromatic rings.